The average molecular weight is 908 g/mol. The topological polar surface area (TPSA) is 21.9 Å². The Morgan fingerprint density at radius 1 is 0.457 bits per heavy atom. The summed E-state index contributed by atoms with van der Waals surface area (Å²) < 4.78 is 15.6. The third-order valence-corrected chi connectivity index (χ3v) is 15.3. The summed E-state index contributed by atoms with van der Waals surface area (Å²) in [5.74, 6) is 0.930. The number of aromatic nitrogens is 3. The first-order chi connectivity index (χ1) is 33.7. The predicted octanol–water partition coefficient (Wildman–Crippen LogP) is 15.6. The van der Waals surface area contributed by atoms with Gasteiger partial charge in [-0.05, 0) is 141 Å². The number of hydrogen-bond acceptors (Lipinski definition) is 1. The summed E-state index contributed by atoms with van der Waals surface area (Å²) in [5, 5.41) is 0. The second-order valence-electron chi connectivity index (χ2n) is 22.0. The van der Waals surface area contributed by atoms with Crippen LogP contribution in [0.2, 0.25) is 0 Å². The number of para-hydroxylation sites is 1. The van der Waals surface area contributed by atoms with Gasteiger partial charge in [0.2, 0.25) is 5.69 Å². The fraction of sp³-hybridized carbons (Fsp3) is 0.182. The van der Waals surface area contributed by atoms with Crippen molar-refractivity contribution in [1.82, 2.24) is 4.57 Å². The maximum atomic E-state index is 7.96. The molecule has 3 aliphatic heterocycles. The minimum absolute atomic E-state index is 0.0316. The molecule has 0 amide bonds. The Morgan fingerprint density at radius 2 is 1.07 bits per heavy atom. The van der Waals surface area contributed by atoms with Gasteiger partial charge in [0.05, 0.1) is 5.56 Å². The molecule has 4 nitrogen and oxygen atoms in total. The molecule has 0 saturated carbocycles. The Labute approximate surface area is 411 Å². The normalized spacial score (nSPS) is 15.1. The van der Waals surface area contributed by atoms with Crippen LogP contribution in [0, 0.1) is 20.8 Å². The monoisotopic (exact) mass is 907 g/mol. The van der Waals surface area contributed by atoms with Crippen LogP contribution < -0.4 is 13.9 Å². The van der Waals surface area contributed by atoms with E-state index in [2.05, 4.69) is 258 Å². The molecule has 1 unspecified atom stereocenters. The van der Waals surface area contributed by atoms with Gasteiger partial charge < -0.3 is 4.74 Å². The number of aryl methyl sites for hydroxylation is 3. The molecule has 70 heavy (non-hydrogen) atoms. The van der Waals surface area contributed by atoms with Crippen LogP contribution in [0.25, 0.3) is 95.0 Å². The van der Waals surface area contributed by atoms with Crippen LogP contribution in [-0.4, -0.2) is 4.57 Å². The summed E-state index contributed by atoms with van der Waals surface area (Å²) in [6, 6.07) is 65.9. The molecule has 8 aromatic carbocycles. The molecular formula is C66H57N3O+2. The summed E-state index contributed by atoms with van der Waals surface area (Å²) in [6.07, 6.45) is 2.29. The summed E-state index contributed by atoms with van der Waals surface area (Å²) in [7, 11) is 0. The molecule has 1 spiro atoms. The second-order valence-corrected chi connectivity index (χ2v) is 22.0. The molecule has 10 aromatic rings. The summed E-state index contributed by atoms with van der Waals surface area (Å²) >= 11 is 0. The first kappa shape index (κ1) is 42.3. The van der Waals surface area contributed by atoms with Crippen LogP contribution in [-0.2, 0) is 16.7 Å². The van der Waals surface area contributed by atoms with Crippen molar-refractivity contribution < 1.29 is 13.9 Å². The standard InChI is InChI=1S/C66H57N3O/c1-40-33-42(3)62-56(34-40)63-68(59-39-52(46-19-14-11-15-20-46)41(2)35-53(59)47-27-29-49(30-28-47)64(4,5)6)57-22-16-21-51-54-37-50(65(7,8)9)38-55-58-36-48(45-25-23-44(24-26-45)43-17-12-10-13-18-43)31-32-67(58)66(70-62,60(54)55)69(63)61(51)57/h10-39H,1-9H3/q+2. The van der Waals surface area contributed by atoms with Crippen LogP contribution in [0.1, 0.15) is 74.9 Å². The van der Waals surface area contributed by atoms with Crippen molar-refractivity contribution in [2.45, 2.75) is 79.0 Å². The molecule has 0 N–H and O–H groups in total. The quantitative estimate of drug-likeness (QED) is 0.158. The summed E-state index contributed by atoms with van der Waals surface area (Å²) in [5.41, 5.74) is 26.1. The number of hydrogen-bond donors (Lipinski definition) is 0. The average Bonchev–Trinajstić information content (AvgIpc) is 3.86. The fourth-order valence-electron chi connectivity index (χ4n) is 11.8. The minimum Gasteiger partial charge on any atom is -0.392 e. The number of ether oxygens (including phenoxy) is 1. The van der Waals surface area contributed by atoms with Gasteiger partial charge in [-0.1, -0.05) is 163 Å². The van der Waals surface area contributed by atoms with E-state index in [0.29, 0.717) is 0 Å². The molecule has 0 bridgehead atoms. The van der Waals surface area contributed by atoms with E-state index in [1.807, 2.05) is 0 Å². The van der Waals surface area contributed by atoms with Crippen molar-refractivity contribution in [1.29, 1.82) is 0 Å². The molecule has 3 aliphatic rings. The zero-order chi connectivity index (χ0) is 48.0. The van der Waals surface area contributed by atoms with Gasteiger partial charge in [0.1, 0.15) is 16.8 Å². The Hall–Kier alpha value is -7.82. The van der Waals surface area contributed by atoms with E-state index in [1.54, 1.807) is 0 Å². The van der Waals surface area contributed by atoms with Crippen LogP contribution in [0.15, 0.2) is 182 Å². The highest BCUT2D eigenvalue weighted by Gasteiger charge is 2.69. The third-order valence-electron chi connectivity index (χ3n) is 15.3. The molecule has 1 atom stereocenters. The Morgan fingerprint density at radius 3 is 1.76 bits per heavy atom. The fourth-order valence-corrected chi connectivity index (χ4v) is 11.8. The number of pyridine rings is 1. The molecule has 0 saturated heterocycles. The van der Waals surface area contributed by atoms with Gasteiger partial charge >= 0.3 is 11.7 Å². The van der Waals surface area contributed by atoms with Gasteiger partial charge in [0.15, 0.2) is 23.0 Å². The van der Waals surface area contributed by atoms with Gasteiger partial charge in [0.25, 0.3) is 0 Å². The van der Waals surface area contributed by atoms with Crippen molar-refractivity contribution in [2.24, 2.45) is 0 Å². The van der Waals surface area contributed by atoms with E-state index in [1.165, 1.54) is 89.0 Å². The zero-order valence-corrected chi connectivity index (χ0v) is 41.6. The highest BCUT2D eigenvalue weighted by Crippen LogP contribution is 2.55. The zero-order valence-electron chi connectivity index (χ0n) is 41.6. The number of fused-ring (bicyclic) bond motifs is 5. The van der Waals surface area contributed by atoms with Gasteiger partial charge in [-0.25, -0.2) is 0 Å². The van der Waals surface area contributed by atoms with E-state index in [9.17, 15) is 0 Å². The van der Waals surface area contributed by atoms with Crippen molar-refractivity contribution in [2.75, 3.05) is 0 Å². The van der Waals surface area contributed by atoms with Gasteiger partial charge in [0, 0.05) is 28.8 Å². The number of nitrogens with zero attached hydrogens (tertiary/aromatic N) is 3. The first-order valence-corrected chi connectivity index (χ1v) is 24.8. The highest BCUT2D eigenvalue weighted by molar-refractivity contribution is 5.99. The Kier molecular flexibility index (Phi) is 8.97. The van der Waals surface area contributed by atoms with Gasteiger partial charge in [-0.3, -0.25) is 0 Å². The Balaban J connectivity index is 1.15. The van der Waals surface area contributed by atoms with Gasteiger partial charge in [-0.15, -0.1) is 9.13 Å². The maximum absolute atomic E-state index is 7.96. The second kappa shape index (κ2) is 14.8. The van der Waals surface area contributed by atoms with Crippen molar-refractivity contribution in [3.63, 3.8) is 0 Å². The lowest BCUT2D eigenvalue weighted by molar-refractivity contribution is -0.997. The van der Waals surface area contributed by atoms with E-state index in [0.717, 1.165) is 45.1 Å². The number of benzene rings is 8. The van der Waals surface area contributed by atoms with Crippen LogP contribution in [0.4, 0.5) is 0 Å². The van der Waals surface area contributed by atoms with Crippen LogP contribution >= 0.6 is 0 Å². The van der Waals surface area contributed by atoms with Crippen molar-refractivity contribution in [3.05, 3.63) is 216 Å². The minimum atomic E-state index is -1.08. The van der Waals surface area contributed by atoms with Crippen molar-refractivity contribution >= 4 is 11.0 Å². The predicted molar refractivity (Wildman–Crippen MR) is 286 cm³/mol. The molecule has 13 rings (SSSR count). The molecule has 0 radical (unpaired) electrons. The lowest BCUT2D eigenvalue weighted by Crippen LogP contribution is -2.78. The Bertz CT molecular complexity index is 3810. The van der Waals surface area contributed by atoms with E-state index in [4.69, 9.17) is 4.74 Å². The number of imidazole rings is 1. The summed E-state index contributed by atoms with van der Waals surface area (Å²) in [4.78, 5) is 0. The molecule has 4 heteroatoms. The third kappa shape index (κ3) is 6.08. The van der Waals surface area contributed by atoms with Crippen LogP contribution in [0.3, 0.4) is 0 Å². The SMILES string of the molecule is Cc1cc(C)c2c(c1)-c1n(-c3cc(-c4ccccc4)c(C)cc3-c3ccc(C(C)(C)C)cc3)c3cccc4c3[n+]1C1(O2)c2c-4cc(C(C)(C)C)cc2-c2cc(-c3ccc(-c4ccccc4)cc3)cc[n+]21. The molecule has 0 fully saturated rings. The smallest absolute Gasteiger partial charge is 0.392 e. The first-order valence-electron chi connectivity index (χ1n) is 24.8. The van der Waals surface area contributed by atoms with Crippen molar-refractivity contribution in [3.8, 4) is 89.7 Å². The number of rotatable bonds is 5. The molecule has 5 heterocycles. The highest BCUT2D eigenvalue weighted by atomic mass is 16.5. The van der Waals surface area contributed by atoms with E-state index in [-0.39, 0.29) is 10.8 Å². The van der Waals surface area contributed by atoms with E-state index >= 15 is 0 Å². The maximum Gasteiger partial charge on any atom is 0.499 e. The lowest BCUT2D eigenvalue weighted by atomic mass is 9.80. The molecule has 2 aromatic heterocycles. The molecule has 340 valence electrons. The molecular weight excluding hydrogens is 851 g/mol. The summed E-state index contributed by atoms with van der Waals surface area (Å²) in [6.45, 7) is 20.6. The molecule has 0 aliphatic carbocycles. The lowest BCUT2D eigenvalue weighted by Gasteiger charge is -2.33. The largest absolute Gasteiger partial charge is 0.499 e. The van der Waals surface area contributed by atoms with Crippen LogP contribution in [0.5, 0.6) is 5.75 Å². The van der Waals surface area contributed by atoms with E-state index < -0.39 is 5.85 Å². The van der Waals surface area contributed by atoms with Gasteiger partial charge in [-0.2, -0.15) is 4.57 Å².